The van der Waals surface area contributed by atoms with Crippen molar-refractivity contribution in [1.29, 1.82) is 0 Å². The molecule has 0 aliphatic carbocycles. The van der Waals surface area contributed by atoms with Gasteiger partial charge in [0.05, 0.1) is 6.20 Å². The van der Waals surface area contributed by atoms with Gasteiger partial charge >= 0.3 is 0 Å². The van der Waals surface area contributed by atoms with E-state index >= 15 is 0 Å². The summed E-state index contributed by atoms with van der Waals surface area (Å²) in [4.78, 5) is 24.7. The number of aromatic nitrogens is 2. The fourth-order valence-corrected chi connectivity index (χ4v) is 4.15. The summed E-state index contributed by atoms with van der Waals surface area (Å²) < 4.78 is 20.6. The second-order valence-corrected chi connectivity index (χ2v) is 8.57. The van der Waals surface area contributed by atoms with Crippen molar-refractivity contribution in [3.8, 4) is 11.5 Å². The van der Waals surface area contributed by atoms with Crippen LogP contribution in [-0.4, -0.2) is 60.0 Å². The van der Waals surface area contributed by atoms with E-state index in [4.69, 9.17) is 4.74 Å². The highest BCUT2D eigenvalue weighted by Gasteiger charge is 2.41. The second-order valence-electron chi connectivity index (χ2n) is 8.57. The van der Waals surface area contributed by atoms with Gasteiger partial charge in [0.25, 0.3) is 5.91 Å². The molecule has 3 heterocycles. The van der Waals surface area contributed by atoms with E-state index in [0.29, 0.717) is 11.6 Å². The normalized spacial score (nSPS) is 20.9. The number of hydrogen-bond donors (Lipinski definition) is 1. The minimum Gasteiger partial charge on any atom is -0.449 e. The number of amides is 1. The largest absolute Gasteiger partial charge is 0.449 e. The molecule has 0 bridgehead atoms. The molecule has 1 aromatic heterocycles. The zero-order valence-electron chi connectivity index (χ0n) is 17.7. The Labute approximate surface area is 176 Å². The lowest BCUT2D eigenvalue weighted by atomic mass is 9.87. The van der Waals surface area contributed by atoms with Crippen molar-refractivity contribution in [3.63, 3.8) is 0 Å². The highest BCUT2D eigenvalue weighted by Crippen LogP contribution is 2.40. The average molecular weight is 413 g/mol. The van der Waals surface area contributed by atoms with Gasteiger partial charge in [-0.1, -0.05) is 0 Å². The number of anilines is 1. The van der Waals surface area contributed by atoms with Gasteiger partial charge in [0.2, 0.25) is 0 Å². The van der Waals surface area contributed by atoms with Gasteiger partial charge in [-0.05, 0) is 51.4 Å². The van der Waals surface area contributed by atoms with Gasteiger partial charge in [0.15, 0.2) is 23.1 Å². The van der Waals surface area contributed by atoms with Crippen LogP contribution in [0.2, 0.25) is 0 Å². The molecular formula is C22H28FN5O2. The Bertz CT molecular complexity index is 929. The summed E-state index contributed by atoms with van der Waals surface area (Å²) in [5.74, 6) is 0.314. The number of carbonyl (C=O) groups excluding carboxylic acids is 1. The molecule has 1 spiro atoms. The molecule has 30 heavy (non-hydrogen) atoms. The molecule has 2 saturated heterocycles. The zero-order chi connectivity index (χ0) is 21.3. The Morgan fingerprint density at radius 3 is 2.87 bits per heavy atom. The maximum absolute atomic E-state index is 14.8. The van der Waals surface area contributed by atoms with E-state index in [1.165, 1.54) is 18.5 Å². The third-order valence-electron chi connectivity index (χ3n) is 6.22. The van der Waals surface area contributed by atoms with Crippen LogP contribution in [0.25, 0.3) is 0 Å². The minimum atomic E-state index is -0.592. The van der Waals surface area contributed by atoms with Crippen molar-refractivity contribution in [2.24, 2.45) is 5.41 Å². The molecule has 2 aliphatic rings. The predicted octanol–water partition coefficient (Wildman–Crippen LogP) is 3.08. The quantitative estimate of drug-likeness (QED) is 0.812. The fourth-order valence-electron chi connectivity index (χ4n) is 4.15. The number of nitrogens with one attached hydrogen (secondary N) is 1. The lowest BCUT2D eigenvalue weighted by molar-refractivity contribution is 0.0754. The molecule has 1 atom stereocenters. The minimum absolute atomic E-state index is 0.0272. The Morgan fingerprint density at radius 2 is 2.17 bits per heavy atom. The third kappa shape index (κ3) is 3.96. The van der Waals surface area contributed by atoms with E-state index in [1.54, 1.807) is 24.2 Å². The van der Waals surface area contributed by atoms with Crippen LogP contribution in [0.5, 0.6) is 11.5 Å². The Hall–Kier alpha value is -2.74. The number of rotatable bonds is 5. The lowest BCUT2D eigenvalue weighted by Gasteiger charge is -2.24. The van der Waals surface area contributed by atoms with Crippen LogP contribution >= 0.6 is 0 Å². The first-order chi connectivity index (χ1) is 14.4. The van der Waals surface area contributed by atoms with Gasteiger partial charge in [0.1, 0.15) is 6.33 Å². The summed E-state index contributed by atoms with van der Waals surface area (Å²) >= 11 is 0. The Balaban J connectivity index is 1.53. The molecule has 7 nitrogen and oxygen atoms in total. The van der Waals surface area contributed by atoms with E-state index in [9.17, 15) is 9.18 Å². The standard InChI is InChI=1S/C22H28FN5O2/c1-15(2)27(3)21(29)16-4-5-18(17(23)10-16)30-19-11-25-14-26-20(19)28-9-7-22(13-28)6-8-24-12-22/h4-5,10-11,14-15,24H,6-9,12-13H2,1-3H3. The summed E-state index contributed by atoms with van der Waals surface area (Å²) in [7, 11) is 1.70. The predicted molar refractivity (Wildman–Crippen MR) is 112 cm³/mol. The summed E-state index contributed by atoms with van der Waals surface area (Å²) in [6.45, 7) is 7.65. The summed E-state index contributed by atoms with van der Waals surface area (Å²) in [5.41, 5.74) is 0.563. The number of benzene rings is 1. The van der Waals surface area contributed by atoms with Gasteiger partial charge in [0, 0.05) is 43.7 Å². The SMILES string of the molecule is CC(C)N(C)C(=O)c1ccc(Oc2cncnc2N2CCC3(CCNC3)C2)c(F)c1. The average Bonchev–Trinajstić information content (AvgIpc) is 3.38. The summed E-state index contributed by atoms with van der Waals surface area (Å²) in [6, 6.07) is 4.31. The molecule has 1 N–H and O–H groups in total. The van der Waals surface area contributed by atoms with Crippen LogP contribution in [0, 0.1) is 11.2 Å². The fraction of sp³-hybridized carbons (Fsp3) is 0.500. The molecular weight excluding hydrogens is 385 g/mol. The maximum Gasteiger partial charge on any atom is 0.253 e. The smallest absolute Gasteiger partial charge is 0.253 e. The Morgan fingerprint density at radius 1 is 1.33 bits per heavy atom. The number of hydrogen-bond acceptors (Lipinski definition) is 6. The molecule has 4 rings (SSSR count). The first-order valence-electron chi connectivity index (χ1n) is 10.4. The summed E-state index contributed by atoms with van der Waals surface area (Å²) in [6.07, 6.45) is 5.29. The van der Waals surface area contributed by atoms with Crippen LogP contribution in [-0.2, 0) is 0 Å². The molecule has 1 amide bonds. The third-order valence-corrected chi connectivity index (χ3v) is 6.22. The zero-order valence-corrected chi connectivity index (χ0v) is 17.7. The molecule has 0 saturated carbocycles. The van der Waals surface area contributed by atoms with Gasteiger partial charge in [-0.3, -0.25) is 4.79 Å². The van der Waals surface area contributed by atoms with Crippen LogP contribution < -0.4 is 15.0 Å². The van der Waals surface area contributed by atoms with Crippen LogP contribution in [0.4, 0.5) is 10.2 Å². The number of halogens is 1. The molecule has 160 valence electrons. The molecule has 1 unspecified atom stereocenters. The van der Waals surface area contributed by atoms with Crippen LogP contribution in [0.15, 0.2) is 30.7 Å². The molecule has 2 aliphatic heterocycles. The van der Waals surface area contributed by atoms with Crippen molar-refractivity contribution >= 4 is 11.7 Å². The summed E-state index contributed by atoms with van der Waals surface area (Å²) in [5, 5.41) is 3.45. The van der Waals surface area contributed by atoms with Crippen molar-refractivity contribution in [2.75, 3.05) is 38.1 Å². The second kappa shape index (κ2) is 8.18. The van der Waals surface area contributed by atoms with Gasteiger partial charge < -0.3 is 19.9 Å². The van der Waals surface area contributed by atoms with E-state index < -0.39 is 5.82 Å². The highest BCUT2D eigenvalue weighted by molar-refractivity contribution is 5.94. The highest BCUT2D eigenvalue weighted by atomic mass is 19.1. The van der Waals surface area contributed by atoms with Gasteiger partial charge in [-0.15, -0.1) is 0 Å². The number of carbonyl (C=O) groups is 1. The van der Waals surface area contributed by atoms with E-state index in [1.807, 2.05) is 13.8 Å². The van der Waals surface area contributed by atoms with Crippen molar-refractivity contribution in [1.82, 2.24) is 20.2 Å². The first-order valence-corrected chi connectivity index (χ1v) is 10.4. The molecule has 1 aromatic carbocycles. The topological polar surface area (TPSA) is 70.6 Å². The monoisotopic (exact) mass is 413 g/mol. The van der Waals surface area contributed by atoms with E-state index in [0.717, 1.165) is 39.0 Å². The van der Waals surface area contributed by atoms with Crippen LogP contribution in [0.3, 0.4) is 0 Å². The van der Waals surface area contributed by atoms with Crippen LogP contribution in [0.1, 0.15) is 37.0 Å². The van der Waals surface area contributed by atoms with Crippen molar-refractivity contribution in [3.05, 3.63) is 42.1 Å². The Kier molecular flexibility index (Phi) is 5.60. The lowest BCUT2D eigenvalue weighted by Crippen LogP contribution is -2.33. The van der Waals surface area contributed by atoms with Crippen molar-refractivity contribution in [2.45, 2.75) is 32.7 Å². The van der Waals surface area contributed by atoms with Gasteiger partial charge in [-0.2, -0.15) is 0 Å². The van der Waals surface area contributed by atoms with E-state index in [2.05, 4.69) is 20.2 Å². The molecule has 2 aromatic rings. The maximum atomic E-state index is 14.8. The first kappa shape index (κ1) is 20.5. The molecule has 8 heteroatoms. The van der Waals surface area contributed by atoms with Crippen molar-refractivity contribution < 1.29 is 13.9 Å². The number of nitrogens with zero attached hydrogens (tertiary/aromatic N) is 4. The number of ether oxygens (including phenoxy) is 1. The molecule has 0 radical (unpaired) electrons. The van der Waals surface area contributed by atoms with Gasteiger partial charge in [-0.25, -0.2) is 14.4 Å². The van der Waals surface area contributed by atoms with E-state index in [-0.39, 0.29) is 28.7 Å². The molecule has 2 fully saturated rings.